The van der Waals surface area contributed by atoms with E-state index in [0.29, 0.717) is 6.04 Å². The van der Waals surface area contributed by atoms with Crippen molar-refractivity contribution in [2.45, 2.75) is 45.1 Å². The predicted molar refractivity (Wildman–Crippen MR) is 92.4 cm³/mol. The van der Waals surface area contributed by atoms with Gasteiger partial charge in [0.05, 0.1) is 0 Å². The highest BCUT2D eigenvalue weighted by Gasteiger charge is 2.09. The molecule has 0 aliphatic rings. The zero-order valence-electron chi connectivity index (χ0n) is 12.9. The van der Waals surface area contributed by atoms with E-state index in [1.807, 2.05) is 0 Å². The van der Waals surface area contributed by atoms with Crippen molar-refractivity contribution in [3.63, 3.8) is 0 Å². The lowest BCUT2D eigenvalue weighted by Crippen LogP contribution is -2.31. The lowest BCUT2D eigenvalue weighted by Gasteiger charge is -2.18. The van der Waals surface area contributed by atoms with Gasteiger partial charge in [0.25, 0.3) is 0 Å². The fraction of sp³-hybridized carbons (Fsp3) is 0.400. The van der Waals surface area contributed by atoms with Gasteiger partial charge in [0.1, 0.15) is 0 Å². The summed E-state index contributed by atoms with van der Waals surface area (Å²) in [5.41, 5.74) is 1.41. The van der Waals surface area contributed by atoms with Crippen LogP contribution < -0.4 is 5.32 Å². The van der Waals surface area contributed by atoms with Crippen LogP contribution >= 0.6 is 0 Å². The van der Waals surface area contributed by atoms with E-state index in [-0.39, 0.29) is 0 Å². The van der Waals surface area contributed by atoms with Crippen molar-refractivity contribution in [1.29, 1.82) is 0 Å². The van der Waals surface area contributed by atoms with Crippen LogP contribution in [0.4, 0.5) is 0 Å². The molecule has 2 rings (SSSR count). The van der Waals surface area contributed by atoms with Crippen LogP contribution in [0.25, 0.3) is 10.8 Å². The van der Waals surface area contributed by atoms with Crippen molar-refractivity contribution in [3.8, 4) is 12.3 Å². The minimum absolute atomic E-state index is 0.527. The molecule has 0 heterocycles. The van der Waals surface area contributed by atoms with Gasteiger partial charge >= 0.3 is 0 Å². The Labute approximate surface area is 128 Å². The van der Waals surface area contributed by atoms with E-state index in [4.69, 9.17) is 6.42 Å². The number of hydrogen-bond acceptors (Lipinski definition) is 1. The predicted octanol–water partition coefficient (Wildman–Crippen LogP) is 4.55. The van der Waals surface area contributed by atoms with Gasteiger partial charge < -0.3 is 5.32 Å². The van der Waals surface area contributed by atoms with Crippen molar-refractivity contribution >= 4 is 10.8 Å². The second-order valence-corrected chi connectivity index (χ2v) is 5.63. The molecule has 0 saturated carbocycles. The Bertz CT molecular complexity index is 594. The molecule has 1 unspecified atom stereocenters. The van der Waals surface area contributed by atoms with E-state index < -0.39 is 0 Å². The van der Waals surface area contributed by atoms with E-state index in [1.165, 1.54) is 22.8 Å². The van der Waals surface area contributed by atoms with Gasteiger partial charge in [-0.05, 0) is 48.6 Å². The van der Waals surface area contributed by atoms with E-state index in [9.17, 15) is 0 Å². The number of nitrogens with one attached hydrogen (secondary N) is 1. The summed E-state index contributed by atoms with van der Waals surface area (Å²) < 4.78 is 0. The first-order chi connectivity index (χ1) is 10.3. The minimum Gasteiger partial charge on any atom is -0.314 e. The van der Waals surface area contributed by atoms with Gasteiger partial charge in [-0.15, -0.1) is 12.3 Å². The maximum atomic E-state index is 5.36. The molecule has 0 spiro atoms. The summed E-state index contributed by atoms with van der Waals surface area (Å²) in [6.07, 6.45) is 10.7. The van der Waals surface area contributed by atoms with E-state index in [1.54, 1.807) is 0 Å². The van der Waals surface area contributed by atoms with Crippen molar-refractivity contribution < 1.29 is 0 Å². The SMILES string of the molecule is C#CCCCC(Cc1ccc2ccccc2c1)NCCC. The van der Waals surface area contributed by atoms with Gasteiger partial charge in [0, 0.05) is 12.5 Å². The number of rotatable bonds is 8. The van der Waals surface area contributed by atoms with Crippen LogP contribution in [0.1, 0.15) is 38.2 Å². The first kappa shape index (κ1) is 15.6. The molecule has 110 valence electrons. The lowest BCUT2D eigenvalue weighted by molar-refractivity contribution is 0.467. The molecule has 1 atom stereocenters. The fourth-order valence-corrected chi connectivity index (χ4v) is 2.73. The quantitative estimate of drug-likeness (QED) is 0.552. The number of hydrogen-bond donors (Lipinski definition) is 1. The minimum atomic E-state index is 0.527. The zero-order chi connectivity index (χ0) is 14.9. The number of terminal acetylenes is 1. The number of unbranched alkanes of at least 4 members (excludes halogenated alkanes) is 1. The highest BCUT2D eigenvalue weighted by Crippen LogP contribution is 2.17. The normalized spacial score (nSPS) is 12.2. The molecule has 2 aromatic carbocycles. The Kier molecular flexibility index (Phi) is 6.31. The van der Waals surface area contributed by atoms with Crippen LogP contribution in [0.2, 0.25) is 0 Å². The molecule has 0 amide bonds. The molecule has 1 nitrogen and oxygen atoms in total. The third-order valence-electron chi connectivity index (χ3n) is 3.85. The Morgan fingerprint density at radius 2 is 1.95 bits per heavy atom. The van der Waals surface area contributed by atoms with Gasteiger partial charge in [0.2, 0.25) is 0 Å². The van der Waals surface area contributed by atoms with Crippen molar-refractivity contribution in [2.24, 2.45) is 0 Å². The fourth-order valence-electron chi connectivity index (χ4n) is 2.73. The second kappa shape index (κ2) is 8.49. The average Bonchev–Trinajstić information content (AvgIpc) is 2.52. The summed E-state index contributed by atoms with van der Waals surface area (Å²) >= 11 is 0. The molecule has 21 heavy (non-hydrogen) atoms. The molecule has 1 N–H and O–H groups in total. The molecule has 0 radical (unpaired) electrons. The van der Waals surface area contributed by atoms with Crippen molar-refractivity contribution in [1.82, 2.24) is 5.32 Å². The summed E-state index contributed by atoms with van der Waals surface area (Å²) in [7, 11) is 0. The Balaban J connectivity index is 2.03. The van der Waals surface area contributed by atoms with Gasteiger partial charge in [-0.1, -0.05) is 49.4 Å². The Hall–Kier alpha value is -1.78. The average molecular weight is 279 g/mol. The highest BCUT2D eigenvalue weighted by atomic mass is 14.9. The molecule has 0 saturated heterocycles. The van der Waals surface area contributed by atoms with Gasteiger partial charge in [-0.25, -0.2) is 0 Å². The Morgan fingerprint density at radius 3 is 2.71 bits per heavy atom. The number of fused-ring (bicyclic) bond motifs is 1. The molecule has 1 heteroatoms. The van der Waals surface area contributed by atoms with Crippen molar-refractivity contribution in [2.75, 3.05) is 6.54 Å². The largest absolute Gasteiger partial charge is 0.314 e. The van der Waals surface area contributed by atoms with Crippen LogP contribution in [-0.4, -0.2) is 12.6 Å². The molecule has 0 aromatic heterocycles. The summed E-state index contributed by atoms with van der Waals surface area (Å²) in [5, 5.41) is 6.29. The van der Waals surface area contributed by atoms with Gasteiger partial charge in [-0.3, -0.25) is 0 Å². The standard InChI is InChI=1S/C20H25N/c1-3-5-6-11-20(21-14-4-2)16-17-12-13-18-9-7-8-10-19(18)15-17/h1,7-10,12-13,15,20-21H,4-6,11,14,16H2,2H3. The molecule has 2 aromatic rings. The summed E-state index contributed by atoms with van der Waals surface area (Å²) in [5.74, 6) is 2.74. The van der Waals surface area contributed by atoms with Crippen LogP contribution in [0.3, 0.4) is 0 Å². The Morgan fingerprint density at radius 1 is 1.14 bits per heavy atom. The van der Waals surface area contributed by atoms with Crippen LogP contribution in [0.15, 0.2) is 42.5 Å². The summed E-state index contributed by atoms with van der Waals surface area (Å²) in [4.78, 5) is 0. The molecule has 0 fully saturated rings. The van der Waals surface area contributed by atoms with Crippen LogP contribution in [0, 0.1) is 12.3 Å². The maximum Gasteiger partial charge on any atom is 0.0108 e. The molecular formula is C20H25N. The van der Waals surface area contributed by atoms with Gasteiger partial charge in [-0.2, -0.15) is 0 Å². The molecule has 0 aliphatic heterocycles. The van der Waals surface area contributed by atoms with Gasteiger partial charge in [0.15, 0.2) is 0 Å². The molecule has 0 aliphatic carbocycles. The number of benzene rings is 2. The first-order valence-electron chi connectivity index (χ1n) is 7.98. The smallest absolute Gasteiger partial charge is 0.0108 e. The maximum absolute atomic E-state index is 5.36. The summed E-state index contributed by atoms with van der Waals surface area (Å²) in [6, 6.07) is 15.9. The first-order valence-corrected chi connectivity index (χ1v) is 7.98. The third-order valence-corrected chi connectivity index (χ3v) is 3.85. The summed E-state index contributed by atoms with van der Waals surface area (Å²) in [6.45, 7) is 3.29. The second-order valence-electron chi connectivity index (χ2n) is 5.63. The molecular weight excluding hydrogens is 254 g/mol. The zero-order valence-corrected chi connectivity index (χ0v) is 12.9. The topological polar surface area (TPSA) is 12.0 Å². The highest BCUT2D eigenvalue weighted by molar-refractivity contribution is 5.82. The molecule has 0 bridgehead atoms. The van der Waals surface area contributed by atoms with Crippen molar-refractivity contribution in [3.05, 3.63) is 48.0 Å². The van der Waals surface area contributed by atoms with E-state index in [2.05, 4.69) is 60.6 Å². The van der Waals surface area contributed by atoms with E-state index in [0.717, 1.165) is 32.2 Å². The van der Waals surface area contributed by atoms with E-state index >= 15 is 0 Å². The third kappa shape index (κ3) is 4.92. The monoisotopic (exact) mass is 279 g/mol. The van der Waals surface area contributed by atoms with Crippen LogP contribution in [-0.2, 0) is 6.42 Å². The lowest BCUT2D eigenvalue weighted by atomic mass is 9.98. The van der Waals surface area contributed by atoms with Crippen LogP contribution in [0.5, 0.6) is 0 Å².